The third kappa shape index (κ3) is 10.7. The lowest BCUT2D eigenvalue weighted by Gasteiger charge is -2.17. The highest BCUT2D eigenvalue weighted by molar-refractivity contribution is 6.34. The molecule has 0 aliphatic rings. The highest BCUT2D eigenvalue weighted by Gasteiger charge is 2.31. The Kier molecular flexibility index (Phi) is 14.8. The number of amides is 1. The lowest BCUT2D eigenvalue weighted by Crippen LogP contribution is -2.32. The molecule has 1 unspecified atom stereocenters. The zero-order valence-electron chi connectivity index (χ0n) is 25.6. The smallest absolute Gasteiger partial charge is 0.338 e. The molecular weight excluding hydrogens is 584 g/mol. The molecule has 1 heterocycles. The molecule has 11 heteroatoms. The summed E-state index contributed by atoms with van der Waals surface area (Å²) in [6.45, 7) is 3.35. The Morgan fingerprint density at radius 2 is 1.59 bits per heavy atom. The van der Waals surface area contributed by atoms with E-state index in [0.29, 0.717) is 12.2 Å². The van der Waals surface area contributed by atoms with Gasteiger partial charge in [0.1, 0.15) is 6.61 Å². The van der Waals surface area contributed by atoms with E-state index in [4.69, 9.17) is 21.1 Å². The number of unbranched alkanes of at least 4 members (excludes halogenated alkanes) is 9. The topological polar surface area (TPSA) is 133 Å². The molecule has 10 nitrogen and oxygen atoms in total. The maximum atomic E-state index is 13.4. The molecule has 44 heavy (non-hydrogen) atoms. The summed E-state index contributed by atoms with van der Waals surface area (Å²) in [6, 6.07) is 11.8. The van der Waals surface area contributed by atoms with E-state index in [1.54, 1.807) is 24.3 Å². The van der Waals surface area contributed by atoms with E-state index in [-0.39, 0.29) is 41.3 Å². The van der Waals surface area contributed by atoms with Crippen LogP contribution in [0.2, 0.25) is 5.02 Å². The molecule has 0 fully saturated rings. The number of benzene rings is 2. The van der Waals surface area contributed by atoms with Gasteiger partial charge in [-0.1, -0.05) is 107 Å². The van der Waals surface area contributed by atoms with Crippen LogP contribution in [0.3, 0.4) is 0 Å². The molecular formula is C33H43ClN4O6. The van der Waals surface area contributed by atoms with E-state index < -0.39 is 23.7 Å². The highest BCUT2D eigenvalue weighted by atomic mass is 35.5. The van der Waals surface area contributed by atoms with Gasteiger partial charge in [0.25, 0.3) is 5.91 Å². The summed E-state index contributed by atoms with van der Waals surface area (Å²) in [7, 11) is 0. The number of halogens is 1. The fraction of sp³-hybridized carbons (Fsp3) is 0.485. The summed E-state index contributed by atoms with van der Waals surface area (Å²) in [5, 5.41) is 16.4. The second-order valence-electron chi connectivity index (χ2n) is 10.6. The van der Waals surface area contributed by atoms with Crippen molar-refractivity contribution in [2.75, 3.05) is 25.1 Å². The third-order valence-electron chi connectivity index (χ3n) is 7.02. The van der Waals surface area contributed by atoms with Crippen molar-refractivity contribution < 1.29 is 29.0 Å². The second kappa shape index (κ2) is 18.8. The van der Waals surface area contributed by atoms with E-state index in [1.807, 2.05) is 6.07 Å². The Bertz CT molecular complexity index is 1350. The molecule has 3 rings (SSSR count). The minimum atomic E-state index is -1.46. The van der Waals surface area contributed by atoms with Crippen LogP contribution >= 0.6 is 11.6 Å². The average Bonchev–Trinajstić information content (AvgIpc) is 3.43. The first-order valence-electron chi connectivity index (χ1n) is 15.4. The molecule has 0 saturated heterocycles. The first-order chi connectivity index (χ1) is 21.3. The molecule has 1 aromatic heterocycles. The van der Waals surface area contributed by atoms with Crippen molar-refractivity contribution >= 4 is 34.9 Å². The van der Waals surface area contributed by atoms with Crippen molar-refractivity contribution in [1.29, 1.82) is 0 Å². The fourth-order valence-corrected chi connectivity index (χ4v) is 4.84. The van der Waals surface area contributed by atoms with Crippen molar-refractivity contribution in [3.05, 3.63) is 59.1 Å². The third-order valence-corrected chi connectivity index (χ3v) is 7.35. The predicted octanol–water partition coefficient (Wildman–Crippen LogP) is 6.82. The van der Waals surface area contributed by atoms with Gasteiger partial charge in [-0.3, -0.25) is 9.59 Å². The van der Waals surface area contributed by atoms with Crippen molar-refractivity contribution in [1.82, 2.24) is 14.8 Å². The number of aliphatic hydroxyl groups excluding tert-OH is 1. The minimum absolute atomic E-state index is 0.108. The van der Waals surface area contributed by atoms with E-state index in [0.717, 1.165) is 23.9 Å². The highest BCUT2D eigenvalue weighted by Crippen LogP contribution is 2.27. The van der Waals surface area contributed by atoms with Gasteiger partial charge in [0.15, 0.2) is 17.6 Å². The standard InChI is InChI=1S/C33H43ClN4O6/c1-3-4-5-6-7-8-9-10-11-15-21-43-32(42)26-18-19-27(34)28(23-26)35-31(41)29(24(2)40)38-33(44-22-20-39)36-30(37-38)25-16-13-12-14-17-25/h12-14,16-19,23,29,39H,3-11,15,20-22H2,1-2H3,(H,35,41). The molecule has 238 valence electrons. The van der Waals surface area contributed by atoms with Crippen molar-refractivity contribution in [2.24, 2.45) is 0 Å². The lowest BCUT2D eigenvalue weighted by atomic mass is 10.1. The van der Waals surface area contributed by atoms with Crippen LogP contribution in [0.4, 0.5) is 5.69 Å². The van der Waals surface area contributed by atoms with Gasteiger partial charge < -0.3 is 19.9 Å². The predicted molar refractivity (Wildman–Crippen MR) is 170 cm³/mol. The first kappa shape index (κ1) is 34.7. The van der Waals surface area contributed by atoms with Gasteiger partial charge in [0, 0.05) is 5.56 Å². The van der Waals surface area contributed by atoms with Crippen LogP contribution in [0.1, 0.15) is 94.5 Å². The summed E-state index contributed by atoms with van der Waals surface area (Å²) in [6.07, 6.45) is 11.8. The van der Waals surface area contributed by atoms with Gasteiger partial charge in [-0.25, -0.2) is 4.79 Å². The summed E-state index contributed by atoms with van der Waals surface area (Å²) in [4.78, 5) is 43.2. The van der Waals surface area contributed by atoms with Gasteiger partial charge in [-0.05, 0) is 31.5 Å². The van der Waals surface area contributed by atoms with Gasteiger partial charge in [0.2, 0.25) is 0 Å². The summed E-state index contributed by atoms with van der Waals surface area (Å²) >= 11 is 6.34. The monoisotopic (exact) mass is 626 g/mol. The van der Waals surface area contributed by atoms with Crippen LogP contribution in [-0.2, 0) is 14.3 Å². The summed E-state index contributed by atoms with van der Waals surface area (Å²) < 4.78 is 12.0. The Hall–Kier alpha value is -3.76. The Labute approximate surface area is 264 Å². The number of ether oxygens (including phenoxy) is 2. The number of carbonyl (C=O) groups excluding carboxylic acids is 3. The van der Waals surface area contributed by atoms with E-state index in [9.17, 15) is 19.5 Å². The largest absolute Gasteiger partial charge is 0.462 e. The molecule has 1 amide bonds. The molecule has 0 aliphatic heterocycles. The summed E-state index contributed by atoms with van der Waals surface area (Å²) in [5.74, 6) is -1.58. The first-order valence-corrected chi connectivity index (χ1v) is 15.8. The zero-order chi connectivity index (χ0) is 31.7. The van der Waals surface area contributed by atoms with E-state index >= 15 is 0 Å². The van der Waals surface area contributed by atoms with E-state index in [2.05, 4.69) is 22.3 Å². The zero-order valence-corrected chi connectivity index (χ0v) is 26.4. The number of aromatic nitrogens is 3. The van der Waals surface area contributed by atoms with Crippen LogP contribution in [0, 0.1) is 0 Å². The number of carbonyl (C=O) groups is 3. The molecule has 1 atom stereocenters. The number of esters is 1. The summed E-state index contributed by atoms with van der Waals surface area (Å²) in [5.41, 5.74) is 1.00. The van der Waals surface area contributed by atoms with Gasteiger partial charge in [0.05, 0.1) is 29.5 Å². The fourth-order valence-electron chi connectivity index (χ4n) is 4.68. The molecule has 2 aromatic carbocycles. The van der Waals surface area contributed by atoms with Crippen LogP contribution < -0.4 is 10.1 Å². The van der Waals surface area contributed by atoms with Crippen LogP contribution in [0.15, 0.2) is 48.5 Å². The molecule has 0 bridgehead atoms. The second-order valence-corrected chi connectivity index (χ2v) is 11.0. The number of nitrogens with zero attached hydrogens (tertiary/aromatic N) is 3. The van der Waals surface area contributed by atoms with Crippen molar-refractivity contribution in [3.8, 4) is 17.4 Å². The number of hydrogen-bond donors (Lipinski definition) is 2. The maximum Gasteiger partial charge on any atom is 0.338 e. The van der Waals surface area contributed by atoms with Crippen LogP contribution in [0.25, 0.3) is 11.4 Å². The maximum absolute atomic E-state index is 13.4. The number of nitrogens with one attached hydrogen (secondary N) is 1. The number of aliphatic hydroxyl groups is 1. The SMILES string of the molecule is CCCCCCCCCCCCOC(=O)c1ccc(Cl)c(NC(=O)C(C(C)=O)n2nc(-c3ccccc3)nc2OCCO)c1. The quantitative estimate of drug-likeness (QED) is 0.0793. The van der Waals surface area contributed by atoms with Crippen LogP contribution in [-0.4, -0.2) is 57.4 Å². The molecule has 0 radical (unpaired) electrons. The van der Waals surface area contributed by atoms with Gasteiger partial charge in [-0.15, -0.1) is 5.10 Å². The van der Waals surface area contributed by atoms with Crippen molar-refractivity contribution in [3.63, 3.8) is 0 Å². The Morgan fingerprint density at radius 1 is 0.932 bits per heavy atom. The normalized spacial score (nSPS) is 11.6. The molecule has 0 spiro atoms. The molecule has 0 saturated carbocycles. The Balaban J connectivity index is 1.61. The van der Waals surface area contributed by atoms with Crippen LogP contribution in [0.5, 0.6) is 6.01 Å². The van der Waals surface area contributed by atoms with E-state index in [1.165, 1.54) is 70.1 Å². The number of rotatable bonds is 20. The average molecular weight is 627 g/mol. The molecule has 2 N–H and O–H groups in total. The van der Waals surface area contributed by atoms with Gasteiger partial charge in [-0.2, -0.15) is 9.67 Å². The van der Waals surface area contributed by atoms with Gasteiger partial charge >= 0.3 is 12.0 Å². The number of anilines is 1. The molecule has 0 aliphatic carbocycles. The minimum Gasteiger partial charge on any atom is -0.462 e. The lowest BCUT2D eigenvalue weighted by molar-refractivity contribution is -0.129. The number of Topliss-reactive ketones (excluding diaryl/α,β-unsaturated/α-hetero) is 1. The number of ketones is 1. The number of hydrogen-bond acceptors (Lipinski definition) is 8. The molecule has 3 aromatic rings. The van der Waals surface area contributed by atoms with Crippen molar-refractivity contribution in [2.45, 2.75) is 84.1 Å². The Morgan fingerprint density at radius 3 is 2.23 bits per heavy atom.